The van der Waals surface area contributed by atoms with E-state index in [0.717, 1.165) is 29.8 Å². The van der Waals surface area contributed by atoms with Gasteiger partial charge >= 0.3 is 0 Å². The lowest BCUT2D eigenvalue weighted by molar-refractivity contribution is 0.171. The summed E-state index contributed by atoms with van der Waals surface area (Å²) in [5.41, 5.74) is 4.12. The predicted octanol–water partition coefficient (Wildman–Crippen LogP) is 4.09. The van der Waals surface area contributed by atoms with Crippen molar-refractivity contribution in [2.45, 2.75) is 19.3 Å². The minimum Gasteiger partial charge on any atom is -0.509 e. The van der Waals surface area contributed by atoms with Crippen LogP contribution >= 0.6 is 0 Å². The van der Waals surface area contributed by atoms with Gasteiger partial charge in [0.05, 0.1) is 23.2 Å². The molecule has 164 valence electrons. The highest BCUT2D eigenvalue weighted by molar-refractivity contribution is 6.30. The fraction of sp³-hybridized carbons (Fsp3) is 0.333. The zero-order valence-electron chi connectivity index (χ0n) is 17.7. The van der Waals surface area contributed by atoms with Crippen molar-refractivity contribution in [2.24, 2.45) is 0 Å². The van der Waals surface area contributed by atoms with Crippen LogP contribution in [-0.2, 0) is 0 Å². The molecule has 1 fully saturated rings. The van der Waals surface area contributed by atoms with E-state index in [1.807, 2.05) is 24.3 Å². The number of nitrogens with one attached hydrogen (secondary N) is 2. The fourth-order valence-corrected chi connectivity index (χ4v) is 4.71. The van der Waals surface area contributed by atoms with Crippen LogP contribution in [0.1, 0.15) is 25.1 Å². The van der Waals surface area contributed by atoms with Gasteiger partial charge in [-0.3, -0.25) is 5.41 Å². The summed E-state index contributed by atoms with van der Waals surface area (Å²) < 4.78 is 11.3. The van der Waals surface area contributed by atoms with Gasteiger partial charge in [0, 0.05) is 30.5 Å². The molecule has 0 bridgehead atoms. The summed E-state index contributed by atoms with van der Waals surface area (Å²) in [6, 6.07) is 11.8. The Morgan fingerprint density at radius 1 is 0.938 bits per heavy atom. The van der Waals surface area contributed by atoms with E-state index in [4.69, 9.17) is 14.9 Å². The molecule has 3 aromatic rings. The first-order chi connectivity index (χ1) is 15.7. The number of piperidine rings is 1. The molecule has 0 radical (unpaired) electrons. The van der Waals surface area contributed by atoms with Gasteiger partial charge in [0.2, 0.25) is 0 Å². The molecule has 4 heterocycles. The first kappa shape index (κ1) is 19.0. The zero-order valence-corrected chi connectivity index (χ0v) is 17.7. The van der Waals surface area contributed by atoms with Crippen molar-refractivity contribution < 1.29 is 14.6 Å². The first-order valence-electron chi connectivity index (χ1n) is 11.1. The number of anilines is 2. The number of benzene rings is 2. The predicted molar refractivity (Wildman–Crippen MR) is 124 cm³/mol. The maximum atomic E-state index is 10.7. The largest absolute Gasteiger partial charge is 0.509 e. The molecule has 2 aromatic carbocycles. The molecule has 1 saturated heterocycles. The molecule has 0 spiro atoms. The van der Waals surface area contributed by atoms with E-state index in [9.17, 15) is 5.11 Å². The SMILES string of the molecule is N=C1C(c2nc3ccc(N4CCCCC4)cc3[nH]2)=C(O)CN1c1ccc2c(c1)OCCO2. The van der Waals surface area contributed by atoms with Crippen LogP contribution in [0.2, 0.25) is 0 Å². The Bertz CT molecular complexity index is 1240. The van der Waals surface area contributed by atoms with E-state index < -0.39 is 0 Å². The summed E-state index contributed by atoms with van der Waals surface area (Å²) in [7, 11) is 0. The number of aliphatic hydroxyl groups excluding tert-OH is 1. The number of hydrogen-bond donors (Lipinski definition) is 3. The number of aliphatic hydroxyl groups is 1. The molecule has 1 aromatic heterocycles. The van der Waals surface area contributed by atoms with Crippen LogP contribution < -0.4 is 19.3 Å². The summed E-state index contributed by atoms with van der Waals surface area (Å²) >= 11 is 0. The number of imidazole rings is 1. The zero-order chi connectivity index (χ0) is 21.7. The monoisotopic (exact) mass is 431 g/mol. The van der Waals surface area contributed by atoms with Crippen molar-refractivity contribution in [1.29, 1.82) is 5.41 Å². The third-order valence-corrected chi connectivity index (χ3v) is 6.36. The number of amidine groups is 1. The summed E-state index contributed by atoms with van der Waals surface area (Å²) in [4.78, 5) is 12.2. The average Bonchev–Trinajstić information content (AvgIpc) is 3.38. The minimum atomic E-state index is 0.125. The molecule has 0 saturated carbocycles. The van der Waals surface area contributed by atoms with E-state index in [0.29, 0.717) is 36.1 Å². The number of H-pyrrole nitrogens is 1. The Kier molecular flexibility index (Phi) is 4.45. The average molecular weight is 431 g/mol. The highest BCUT2D eigenvalue weighted by atomic mass is 16.6. The Balaban J connectivity index is 1.29. The summed E-state index contributed by atoms with van der Waals surface area (Å²) in [5.74, 6) is 2.20. The minimum absolute atomic E-state index is 0.125. The van der Waals surface area contributed by atoms with Crippen molar-refractivity contribution in [3.63, 3.8) is 0 Å². The van der Waals surface area contributed by atoms with Gasteiger partial charge in [-0.25, -0.2) is 4.98 Å². The highest BCUT2D eigenvalue weighted by Crippen LogP contribution is 2.37. The first-order valence-corrected chi connectivity index (χ1v) is 11.1. The van der Waals surface area contributed by atoms with E-state index in [1.165, 1.54) is 24.9 Å². The van der Waals surface area contributed by atoms with E-state index in [-0.39, 0.29) is 18.1 Å². The number of nitrogens with zero attached hydrogens (tertiary/aromatic N) is 3. The van der Waals surface area contributed by atoms with Gasteiger partial charge < -0.3 is 29.4 Å². The Labute approximate surface area is 185 Å². The Morgan fingerprint density at radius 2 is 1.72 bits per heavy atom. The van der Waals surface area contributed by atoms with Gasteiger partial charge in [0.1, 0.15) is 30.6 Å². The normalized spacial score (nSPS) is 18.7. The van der Waals surface area contributed by atoms with Crippen LogP contribution in [0.25, 0.3) is 16.6 Å². The Hall–Kier alpha value is -3.68. The second-order valence-electron chi connectivity index (χ2n) is 8.42. The molecular formula is C24H25N5O3. The van der Waals surface area contributed by atoms with E-state index >= 15 is 0 Å². The second kappa shape index (κ2) is 7.47. The van der Waals surface area contributed by atoms with Crippen molar-refractivity contribution in [3.05, 3.63) is 48.0 Å². The number of rotatable bonds is 3. The fourth-order valence-electron chi connectivity index (χ4n) is 4.71. The van der Waals surface area contributed by atoms with Gasteiger partial charge in [-0.1, -0.05) is 0 Å². The molecule has 32 heavy (non-hydrogen) atoms. The van der Waals surface area contributed by atoms with Crippen molar-refractivity contribution in [2.75, 3.05) is 42.6 Å². The smallest absolute Gasteiger partial charge is 0.163 e. The molecule has 0 unspecified atom stereocenters. The lowest BCUT2D eigenvalue weighted by Crippen LogP contribution is -2.29. The molecule has 0 atom stereocenters. The number of aromatic amines is 1. The second-order valence-corrected chi connectivity index (χ2v) is 8.42. The molecule has 0 amide bonds. The van der Waals surface area contributed by atoms with E-state index in [1.54, 1.807) is 4.90 Å². The number of hydrogen-bond acceptors (Lipinski definition) is 6. The van der Waals surface area contributed by atoms with E-state index in [2.05, 4.69) is 27.0 Å². The van der Waals surface area contributed by atoms with Crippen molar-refractivity contribution >= 4 is 33.8 Å². The Morgan fingerprint density at radius 3 is 2.56 bits per heavy atom. The van der Waals surface area contributed by atoms with Crippen LogP contribution in [0.5, 0.6) is 11.5 Å². The molecule has 8 nitrogen and oxygen atoms in total. The van der Waals surface area contributed by atoms with Crippen LogP contribution in [0.15, 0.2) is 42.2 Å². The topological polar surface area (TPSA) is 97.7 Å². The molecule has 8 heteroatoms. The van der Waals surface area contributed by atoms with Gasteiger partial charge in [-0.05, 0) is 49.6 Å². The molecular weight excluding hydrogens is 406 g/mol. The number of aromatic nitrogens is 2. The molecule has 3 aliphatic rings. The van der Waals surface area contributed by atoms with Crippen LogP contribution in [-0.4, -0.2) is 53.8 Å². The third kappa shape index (κ3) is 3.14. The molecule has 0 aliphatic carbocycles. The third-order valence-electron chi connectivity index (χ3n) is 6.36. The van der Waals surface area contributed by atoms with Gasteiger partial charge in [-0.2, -0.15) is 0 Å². The van der Waals surface area contributed by atoms with Crippen molar-refractivity contribution in [3.8, 4) is 11.5 Å². The van der Waals surface area contributed by atoms with Crippen LogP contribution in [0.3, 0.4) is 0 Å². The van der Waals surface area contributed by atoms with Crippen molar-refractivity contribution in [1.82, 2.24) is 9.97 Å². The molecule has 6 rings (SSSR count). The lowest BCUT2D eigenvalue weighted by atomic mass is 10.1. The van der Waals surface area contributed by atoms with Gasteiger partial charge in [0.15, 0.2) is 11.5 Å². The highest BCUT2D eigenvalue weighted by Gasteiger charge is 2.32. The quantitative estimate of drug-likeness (QED) is 0.578. The number of fused-ring (bicyclic) bond motifs is 2. The van der Waals surface area contributed by atoms with Crippen LogP contribution in [0.4, 0.5) is 11.4 Å². The summed E-state index contributed by atoms with van der Waals surface area (Å²) in [6.07, 6.45) is 3.74. The summed E-state index contributed by atoms with van der Waals surface area (Å²) in [5, 5.41) is 19.5. The maximum absolute atomic E-state index is 10.7. The summed E-state index contributed by atoms with van der Waals surface area (Å²) in [6.45, 7) is 3.40. The lowest BCUT2D eigenvalue weighted by Gasteiger charge is -2.28. The van der Waals surface area contributed by atoms with Gasteiger partial charge in [0.25, 0.3) is 0 Å². The number of ether oxygens (including phenoxy) is 2. The molecule has 3 N–H and O–H groups in total. The van der Waals surface area contributed by atoms with Gasteiger partial charge in [-0.15, -0.1) is 0 Å². The molecule has 3 aliphatic heterocycles. The van der Waals surface area contributed by atoms with Crippen LogP contribution in [0, 0.1) is 5.41 Å². The maximum Gasteiger partial charge on any atom is 0.163 e. The standard InChI is InChI=1S/C24H25N5O3/c25-23-22(19(30)14-29(23)16-5-7-20-21(13-16)32-11-10-31-20)24-26-17-6-4-15(12-18(17)27-24)28-8-2-1-3-9-28/h4-7,12-13,25,30H,1-3,8-11,14H2,(H,26,27).